The van der Waals surface area contributed by atoms with Crippen LogP contribution < -0.4 is 9.47 Å². The number of hydrogen-bond donors (Lipinski definition) is 0. The van der Waals surface area contributed by atoms with Crippen molar-refractivity contribution in [2.75, 3.05) is 27.3 Å². The minimum absolute atomic E-state index is 0.109. The molecule has 0 amide bonds. The summed E-state index contributed by atoms with van der Waals surface area (Å²) in [6, 6.07) is 14.5. The van der Waals surface area contributed by atoms with Gasteiger partial charge < -0.3 is 9.47 Å². The molecule has 1 heterocycles. The molecule has 176 valence electrons. The highest BCUT2D eigenvalue weighted by atomic mass is 16.5. The number of methoxy groups -OCH3 is 2. The summed E-state index contributed by atoms with van der Waals surface area (Å²) in [4.78, 5) is 15.5. The Morgan fingerprint density at radius 3 is 2.09 bits per heavy atom. The van der Waals surface area contributed by atoms with E-state index in [0.717, 1.165) is 43.6 Å². The average Bonchev–Trinajstić information content (AvgIpc) is 3.16. The number of benzene rings is 2. The first-order valence-corrected chi connectivity index (χ1v) is 12.2. The van der Waals surface area contributed by atoms with Crippen LogP contribution in [0.25, 0.3) is 0 Å². The van der Waals surface area contributed by atoms with Gasteiger partial charge in [0.15, 0.2) is 17.3 Å². The molecule has 4 rings (SSSR count). The Labute approximate surface area is 194 Å². The lowest BCUT2D eigenvalue weighted by molar-refractivity contribution is 0.0895. The van der Waals surface area contributed by atoms with Gasteiger partial charge in [-0.2, -0.15) is 0 Å². The van der Waals surface area contributed by atoms with Crippen LogP contribution in [0.5, 0.6) is 11.5 Å². The van der Waals surface area contributed by atoms with E-state index in [1.54, 1.807) is 14.2 Å². The van der Waals surface area contributed by atoms with E-state index >= 15 is 0 Å². The van der Waals surface area contributed by atoms with E-state index in [0.29, 0.717) is 17.4 Å². The third-order valence-electron chi connectivity index (χ3n) is 6.29. The van der Waals surface area contributed by atoms with Crippen LogP contribution in [-0.4, -0.2) is 38.0 Å². The molecule has 0 spiro atoms. The second kappa shape index (κ2) is 13.3. The molecule has 2 aromatic carbocycles. The van der Waals surface area contributed by atoms with Gasteiger partial charge in [0.2, 0.25) is 0 Å². The topological polar surface area (TPSA) is 38.8 Å². The highest BCUT2D eigenvalue weighted by Crippen LogP contribution is 2.39. The summed E-state index contributed by atoms with van der Waals surface area (Å²) in [7, 11) is 3.26. The molecule has 4 nitrogen and oxygen atoms in total. The summed E-state index contributed by atoms with van der Waals surface area (Å²) in [5, 5.41) is 0. The zero-order valence-electron chi connectivity index (χ0n) is 20.8. The van der Waals surface area contributed by atoms with E-state index < -0.39 is 0 Å². The van der Waals surface area contributed by atoms with Crippen LogP contribution >= 0.6 is 0 Å². The van der Waals surface area contributed by atoms with Crippen LogP contribution in [0.3, 0.4) is 0 Å². The number of carbonyl (C=O) groups excluding carboxylic acids is 1. The maximum Gasteiger partial charge on any atom is 0.166 e. The number of fused-ring (bicyclic) bond motifs is 1. The minimum Gasteiger partial charge on any atom is -0.493 e. The monoisotopic (exact) mass is 439 g/mol. The van der Waals surface area contributed by atoms with E-state index in [-0.39, 0.29) is 11.7 Å². The minimum atomic E-state index is 0.109. The zero-order chi connectivity index (χ0) is 23.5. The van der Waals surface area contributed by atoms with E-state index in [4.69, 9.17) is 9.47 Å². The van der Waals surface area contributed by atoms with Crippen molar-refractivity contribution in [2.45, 2.75) is 59.9 Å². The summed E-state index contributed by atoms with van der Waals surface area (Å²) >= 11 is 0. The molecular weight excluding hydrogens is 398 g/mol. The van der Waals surface area contributed by atoms with Gasteiger partial charge in [0.05, 0.1) is 14.2 Å². The molecule has 0 N–H and O–H groups in total. The first kappa shape index (κ1) is 25.9. The van der Waals surface area contributed by atoms with Crippen molar-refractivity contribution in [3.05, 3.63) is 59.2 Å². The van der Waals surface area contributed by atoms with Crippen molar-refractivity contribution in [3.63, 3.8) is 0 Å². The summed E-state index contributed by atoms with van der Waals surface area (Å²) in [5.74, 6) is 2.38. The van der Waals surface area contributed by atoms with Crippen LogP contribution in [0.2, 0.25) is 0 Å². The van der Waals surface area contributed by atoms with Gasteiger partial charge in [-0.25, -0.2) is 0 Å². The van der Waals surface area contributed by atoms with Gasteiger partial charge in [-0.3, -0.25) is 9.69 Å². The van der Waals surface area contributed by atoms with Crippen molar-refractivity contribution in [1.82, 2.24) is 4.90 Å². The number of piperidine rings is 1. The van der Waals surface area contributed by atoms with Crippen LogP contribution in [0, 0.1) is 11.8 Å². The second-order valence-electron chi connectivity index (χ2n) is 8.07. The highest BCUT2D eigenvalue weighted by molar-refractivity contribution is 6.02. The predicted molar refractivity (Wildman–Crippen MR) is 133 cm³/mol. The fraction of sp³-hybridized carbons (Fsp3) is 0.536. The lowest BCUT2D eigenvalue weighted by Gasteiger charge is -2.32. The lowest BCUT2D eigenvalue weighted by Crippen LogP contribution is -2.34. The molecule has 1 aliphatic heterocycles. The molecular formula is C28H41NO3. The average molecular weight is 440 g/mol. The summed E-state index contributed by atoms with van der Waals surface area (Å²) < 4.78 is 10.8. The Hall–Kier alpha value is -2.33. The Morgan fingerprint density at radius 1 is 0.906 bits per heavy atom. The fourth-order valence-corrected chi connectivity index (χ4v) is 4.71. The smallest absolute Gasteiger partial charge is 0.166 e. The predicted octanol–water partition coefficient (Wildman–Crippen LogP) is 6.41. The number of ketones is 1. The molecule has 1 fully saturated rings. The van der Waals surface area contributed by atoms with Crippen LogP contribution in [0.1, 0.15) is 68.4 Å². The highest BCUT2D eigenvalue weighted by Gasteiger charge is 2.34. The molecule has 1 atom stereocenters. The SMILES string of the molecule is CC.CC.COc1cc2c(cc1OC)C(=O)C(CC1CCN(Cc3ccccc3)CC1)C2. The molecule has 0 aromatic heterocycles. The van der Waals surface area contributed by atoms with E-state index in [1.165, 1.54) is 18.4 Å². The molecule has 0 bridgehead atoms. The Morgan fingerprint density at radius 2 is 1.50 bits per heavy atom. The molecule has 0 saturated carbocycles. The van der Waals surface area contributed by atoms with Gasteiger partial charge in [-0.1, -0.05) is 58.0 Å². The first-order chi connectivity index (χ1) is 15.7. The third kappa shape index (κ3) is 6.35. The van der Waals surface area contributed by atoms with Crippen LogP contribution in [0.4, 0.5) is 0 Å². The zero-order valence-corrected chi connectivity index (χ0v) is 20.8. The van der Waals surface area contributed by atoms with Crippen molar-refractivity contribution in [2.24, 2.45) is 11.8 Å². The van der Waals surface area contributed by atoms with Gasteiger partial charge in [0, 0.05) is 18.0 Å². The number of hydrogen-bond acceptors (Lipinski definition) is 4. The molecule has 2 aromatic rings. The fourth-order valence-electron chi connectivity index (χ4n) is 4.71. The van der Waals surface area contributed by atoms with Crippen molar-refractivity contribution >= 4 is 5.78 Å². The molecule has 2 aliphatic rings. The largest absolute Gasteiger partial charge is 0.493 e. The quantitative estimate of drug-likeness (QED) is 0.521. The molecule has 1 saturated heterocycles. The van der Waals surface area contributed by atoms with Crippen LogP contribution in [-0.2, 0) is 13.0 Å². The lowest BCUT2D eigenvalue weighted by atomic mass is 9.85. The first-order valence-electron chi connectivity index (χ1n) is 12.2. The Balaban J connectivity index is 0.000000860. The third-order valence-corrected chi connectivity index (χ3v) is 6.29. The number of nitrogens with zero attached hydrogens (tertiary/aromatic N) is 1. The van der Waals surface area contributed by atoms with Crippen molar-refractivity contribution in [3.8, 4) is 11.5 Å². The van der Waals surface area contributed by atoms with Gasteiger partial charge in [0.1, 0.15) is 0 Å². The summed E-state index contributed by atoms with van der Waals surface area (Å²) in [6.45, 7) is 11.3. The number of rotatable bonds is 6. The maximum atomic E-state index is 12.9. The standard InChI is InChI=1S/C24H29NO3.2C2H6/c1-27-22-14-19-13-20(24(26)21(19)15-23(22)28-2)12-17-8-10-25(11-9-17)16-18-6-4-3-5-7-18;2*1-2/h3-7,14-15,17,20H,8-13,16H2,1-2H3;2*1-2H3. The second-order valence-corrected chi connectivity index (χ2v) is 8.07. The van der Waals surface area contributed by atoms with E-state index in [1.807, 2.05) is 39.8 Å². The maximum absolute atomic E-state index is 12.9. The number of carbonyl (C=O) groups is 1. The molecule has 1 aliphatic carbocycles. The summed E-state index contributed by atoms with van der Waals surface area (Å²) in [6.07, 6.45) is 4.19. The normalized spacial score (nSPS) is 18.1. The molecule has 1 unspecified atom stereocenters. The van der Waals surface area contributed by atoms with Gasteiger partial charge in [-0.05, 0) is 68.0 Å². The Bertz CT molecular complexity index is 826. The number of ether oxygens (including phenoxy) is 2. The van der Waals surface area contributed by atoms with Gasteiger partial charge in [-0.15, -0.1) is 0 Å². The van der Waals surface area contributed by atoms with Crippen LogP contribution in [0.15, 0.2) is 42.5 Å². The Kier molecular flexibility index (Phi) is 10.8. The molecule has 4 heteroatoms. The van der Waals surface area contributed by atoms with E-state index in [9.17, 15) is 4.79 Å². The summed E-state index contributed by atoms with van der Waals surface area (Å²) in [5.41, 5.74) is 3.31. The molecule has 32 heavy (non-hydrogen) atoms. The molecule has 0 radical (unpaired) electrons. The van der Waals surface area contributed by atoms with Gasteiger partial charge >= 0.3 is 0 Å². The number of Topliss-reactive ketones (excluding diaryl/α,β-unsaturated/α-hetero) is 1. The van der Waals surface area contributed by atoms with Gasteiger partial charge in [0.25, 0.3) is 0 Å². The number of likely N-dealkylation sites (tertiary alicyclic amines) is 1. The van der Waals surface area contributed by atoms with Crippen molar-refractivity contribution in [1.29, 1.82) is 0 Å². The van der Waals surface area contributed by atoms with Crippen molar-refractivity contribution < 1.29 is 14.3 Å². The van der Waals surface area contributed by atoms with E-state index in [2.05, 4.69) is 35.2 Å².